The zero-order chi connectivity index (χ0) is 25.8. The number of benzene rings is 1. The van der Waals surface area contributed by atoms with Gasteiger partial charge in [0.15, 0.2) is 11.5 Å². The molecule has 0 amide bonds. The number of carbonyl (C=O) groups is 1. The maximum absolute atomic E-state index is 13.5. The first kappa shape index (κ1) is 25.9. The van der Waals surface area contributed by atoms with Crippen molar-refractivity contribution in [2.24, 2.45) is 0 Å². The summed E-state index contributed by atoms with van der Waals surface area (Å²) in [5.74, 6) is 0.883. The van der Waals surface area contributed by atoms with Crippen molar-refractivity contribution in [3.8, 4) is 22.6 Å². The summed E-state index contributed by atoms with van der Waals surface area (Å²) >= 11 is 1.58. The van der Waals surface area contributed by atoms with E-state index >= 15 is 0 Å². The van der Waals surface area contributed by atoms with Gasteiger partial charge in [0, 0.05) is 35.3 Å². The van der Waals surface area contributed by atoms with Crippen molar-refractivity contribution < 1.29 is 19.0 Å². The lowest BCUT2D eigenvalue weighted by atomic mass is 9.94. The Balaban J connectivity index is 2.09. The standard InChI is InChI=1S/C28H33N3O4S/c1-7-31(8-2)16-20-26(28(32)34-9-3)24(18-10-11-21(35-17(4)5)22(14-18)33-6)25-19-12-13-29-15-23(19)36-27(25)30-20/h10-15,17H,7-9,16H2,1-6H3. The van der Waals surface area contributed by atoms with Crippen LogP contribution in [0.2, 0.25) is 0 Å². The molecule has 0 atom stereocenters. The van der Waals surface area contributed by atoms with Gasteiger partial charge in [-0.2, -0.15) is 0 Å². The zero-order valence-electron chi connectivity index (χ0n) is 21.8. The number of rotatable bonds is 10. The van der Waals surface area contributed by atoms with Gasteiger partial charge in [-0.3, -0.25) is 9.88 Å². The molecule has 3 aromatic heterocycles. The van der Waals surface area contributed by atoms with Crippen LogP contribution in [0.3, 0.4) is 0 Å². The fourth-order valence-electron chi connectivity index (χ4n) is 4.37. The molecule has 0 aliphatic rings. The predicted molar refractivity (Wildman–Crippen MR) is 145 cm³/mol. The van der Waals surface area contributed by atoms with Crippen LogP contribution in [0.4, 0.5) is 0 Å². The van der Waals surface area contributed by atoms with Crippen LogP contribution >= 0.6 is 11.3 Å². The number of hydrogen-bond acceptors (Lipinski definition) is 8. The number of esters is 1. The van der Waals surface area contributed by atoms with Gasteiger partial charge in [0.25, 0.3) is 0 Å². The molecule has 0 aliphatic heterocycles. The molecule has 4 aromatic rings. The minimum absolute atomic E-state index is 0.00136. The number of hydrogen-bond donors (Lipinski definition) is 0. The van der Waals surface area contributed by atoms with Crippen molar-refractivity contribution in [3.63, 3.8) is 0 Å². The Morgan fingerprint density at radius 1 is 1.11 bits per heavy atom. The molecule has 8 heteroatoms. The minimum atomic E-state index is -0.376. The van der Waals surface area contributed by atoms with E-state index < -0.39 is 0 Å². The van der Waals surface area contributed by atoms with E-state index in [2.05, 4.69) is 23.7 Å². The van der Waals surface area contributed by atoms with E-state index in [1.807, 2.05) is 51.2 Å². The second-order valence-electron chi connectivity index (χ2n) is 8.68. The van der Waals surface area contributed by atoms with E-state index in [0.717, 1.165) is 44.5 Å². The summed E-state index contributed by atoms with van der Waals surface area (Å²) in [6.45, 7) is 12.5. The van der Waals surface area contributed by atoms with Crippen LogP contribution in [0.15, 0.2) is 36.7 Å². The van der Waals surface area contributed by atoms with Gasteiger partial charge in [0.1, 0.15) is 4.83 Å². The Kier molecular flexibility index (Phi) is 8.06. The molecule has 7 nitrogen and oxygen atoms in total. The summed E-state index contributed by atoms with van der Waals surface area (Å²) in [5.41, 5.74) is 2.84. The third-order valence-electron chi connectivity index (χ3n) is 6.06. The molecule has 4 rings (SSSR count). The van der Waals surface area contributed by atoms with Crippen molar-refractivity contribution in [2.45, 2.75) is 47.3 Å². The molecule has 3 heterocycles. The maximum Gasteiger partial charge on any atom is 0.340 e. The quantitative estimate of drug-likeness (QED) is 0.232. The van der Waals surface area contributed by atoms with Crippen molar-refractivity contribution >= 4 is 37.6 Å². The lowest BCUT2D eigenvalue weighted by Gasteiger charge is -2.22. The number of methoxy groups -OCH3 is 1. The second kappa shape index (κ2) is 11.2. The Morgan fingerprint density at radius 2 is 1.89 bits per heavy atom. The van der Waals surface area contributed by atoms with E-state index in [-0.39, 0.29) is 18.7 Å². The highest BCUT2D eigenvalue weighted by molar-refractivity contribution is 7.25. The highest BCUT2D eigenvalue weighted by Crippen LogP contribution is 2.44. The summed E-state index contributed by atoms with van der Waals surface area (Å²) < 4.78 is 18.2. The topological polar surface area (TPSA) is 73.8 Å². The Bertz CT molecular complexity index is 1380. The van der Waals surface area contributed by atoms with Crippen LogP contribution in [0.5, 0.6) is 11.5 Å². The van der Waals surface area contributed by atoms with E-state index in [1.165, 1.54) is 0 Å². The fraction of sp³-hybridized carbons (Fsp3) is 0.393. The average molecular weight is 508 g/mol. The third kappa shape index (κ3) is 5.01. The molecule has 190 valence electrons. The van der Waals surface area contributed by atoms with Crippen LogP contribution < -0.4 is 9.47 Å². The summed E-state index contributed by atoms with van der Waals surface area (Å²) in [5, 5.41) is 1.93. The number of carbonyl (C=O) groups excluding carboxylic acids is 1. The first-order valence-corrected chi connectivity index (χ1v) is 13.2. The lowest BCUT2D eigenvalue weighted by Crippen LogP contribution is -2.25. The monoisotopic (exact) mass is 507 g/mol. The van der Waals surface area contributed by atoms with Gasteiger partial charge in [-0.25, -0.2) is 9.78 Å². The maximum atomic E-state index is 13.5. The lowest BCUT2D eigenvalue weighted by molar-refractivity contribution is 0.0524. The molecular weight excluding hydrogens is 474 g/mol. The summed E-state index contributed by atoms with van der Waals surface area (Å²) in [6, 6.07) is 7.78. The SMILES string of the molecule is CCOC(=O)c1c(CN(CC)CC)nc2sc3cnccc3c2c1-c1ccc(OC(C)C)c(OC)c1. The molecule has 0 spiro atoms. The highest BCUT2D eigenvalue weighted by Gasteiger charge is 2.27. The molecule has 0 saturated carbocycles. The number of thiophene rings is 1. The molecular formula is C28H33N3O4S. The van der Waals surface area contributed by atoms with Gasteiger partial charge in [0.2, 0.25) is 0 Å². The molecule has 0 aliphatic carbocycles. The Labute approximate surface area is 216 Å². The average Bonchev–Trinajstić information content (AvgIpc) is 3.24. The molecule has 0 bridgehead atoms. The first-order valence-electron chi connectivity index (χ1n) is 12.3. The van der Waals surface area contributed by atoms with Crippen LogP contribution in [-0.2, 0) is 11.3 Å². The van der Waals surface area contributed by atoms with E-state index in [0.29, 0.717) is 29.3 Å². The van der Waals surface area contributed by atoms with Crippen molar-refractivity contribution in [2.75, 3.05) is 26.8 Å². The largest absolute Gasteiger partial charge is 0.493 e. The zero-order valence-corrected chi connectivity index (χ0v) is 22.6. The van der Waals surface area contributed by atoms with Crippen molar-refractivity contribution in [3.05, 3.63) is 47.9 Å². The van der Waals surface area contributed by atoms with Gasteiger partial charge < -0.3 is 14.2 Å². The summed E-state index contributed by atoms with van der Waals surface area (Å²) in [6.07, 6.45) is 3.62. The number of aromatic nitrogens is 2. The van der Waals surface area contributed by atoms with E-state index in [9.17, 15) is 4.79 Å². The molecule has 0 fully saturated rings. The second-order valence-corrected chi connectivity index (χ2v) is 9.71. The van der Waals surface area contributed by atoms with Gasteiger partial charge in [0.05, 0.1) is 35.8 Å². The van der Waals surface area contributed by atoms with Crippen LogP contribution in [-0.4, -0.2) is 53.7 Å². The molecule has 1 aromatic carbocycles. The van der Waals surface area contributed by atoms with Gasteiger partial charge in [-0.1, -0.05) is 19.9 Å². The number of fused-ring (bicyclic) bond motifs is 3. The normalized spacial score (nSPS) is 11.6. The molecule has 0 saturated heterocycles. The Hall–Kier alpha value is -3.23. The molecule has 36 heavy (non-hydrogen) atoms. The van der Waals surface area contributed by atoms with Gasteiger partial charge in [-0.15, -0.1) is 11.3 Å². The number of pyridine rings is 2. The third-order valence-corrected chi connectivity index (χ3v) is 7.10. The van der Waals surface area contributed by atoms with Crippen LogP contribution in [0.1, 0.15) is 50.7 Å². The number of ether oxygens (including phenoxy) is 3. The summed E-state index contributed by atoms with van der Waals surface area (Å²) in [7, 11) is 1.62. The molecule has 0 radical (unpaired) electrons. The number of nitrogens with zero attached hydrogens (tertiary/aromatic N) is 3. The van der Waals surface area contributed by atoms with Crippen LogP contribution in [0, 0.1) is 0 Å². The smallest absolute Gasteiger partial charge is 0.340 e. The minimum Gasteiger partial charge on any atom is -0.493 e. The van der Waals surface area contributed by atoms with Gasteiger partial charge in [-0.05, 0) is 57.6 Å². The summed E-state index contributed by atoms with van der Waals surface area (Å²) in [4.78, 5) is 26.0. The predicted octanol–water partition coefficient (Wildman–Crippen LogP) is 6.33. The van der Waals surface area contributed by atoms with Crippen LogP contribution in [0.25, 0.3) is 31.4 Å². The molecule has 0 N–H and O–H groups in total. The van der Waals surface area contributed by atoms with E-state index in [1.54, 1.807) is 24.6 Å². The van der Waals surface area contributed by atoms with Gasteiger partial charge >= 0.3 is 5.97 Å². The fourth-order valence-corrected chi connectivity index (χ4v) is 5.44. The van der Waals surface area contributed by atoms with Crippen molar-refractivity contribution in [1.82, 2.24) is 14.9 Å². The first-order chi connectivity index (χ1) is 17.4. The molecule has 0 unspecified atom stereocenters. The van der Waals surface area contributed by atoms with Crippen molar-refractivity contribution in [1.29, 1.82) is 0 Å². The van der Waals surface area contributed by atoms with E-state index in [4.69, 9.17) is 19.2 Å². The highest BCUT2D eigenvalue weighted by atomic mass is 32.1. The Morgan fingerprint density at radius 3 is 2.56 bits per heavy atom.